The van der Waals surface area contributed by atoms with Gasteiger partial charge < -0.3 is 19.7 Å². The number of anilines is 2. The molecule has 0 unspecified atom stereocenters. The lowest BCUT2D eigenvalue weighted by Crippen LogP contribution is -2.40. The van der Waals surface area contributed by atoms with E-state index >= 15 is 0 Å². The molecule has 0 aromatic carbocycles. The molecule has 5 rings (SSSR count). The van der Waals surface area contributed by atoms with Crippen molar-refractivity contribution < 1.29 is 9.47 Å². The number of hydrogen-bond acceptors (Lipinski definition) is 9. The first-order chi connectivity index (χ1) is 16.2. The maximum Gasteiger partial charge on any atom is 0.179 e. The van der Waals surface area contributed by atoms with Gasteiger partial charge >= 0.3 is 0 Å². The number of methoxy groups -OCH3 is 1. The van der Waals surface area contributed by atoms with Gasteiger partial charge in [0.15, 0.2) is 5.65 Å². The average molecular weight is 487 g/mol. The van der Waals surface area contributed by atoms with Gasteiger partial charge in [-0.05, 0) is 42.9 Å². The molecule has 174 valence electrons. The fourth-order valence-corrected chi connectivity index (χ4v) is 5.46. The zero-order valence-corrected chi connectivity index (χ0v) is 20.2. The van der Waals surface area contributed by atoms with Crippen LogP contribution in [0.2, 0.25) is 5.02 Å². The number of rotatable bonds is 7. The van der Waals surface area contributed by atoms with Crippen LogP contribution in [0.25, 0.3) is 11.2 Å². The van der Waals surface area contributed by atoms with E-state index in [1.807, 2.05) is 24.4 Å². The molecule has 2 aliphatic rings. The van der Waals surface area contributed by atoms with Crippen LogP contribution < -0.4 is 10.2 Å². The van der Waals surface area contributed by atoms with Gasteiger partial charge in [-0.15, -0.1) is 0 Å². The molecule has 2 saturated heterocycles. The summed E-state index contributed by atoms with van der Waals surface area (Å²) in [5.74, 6) is 1.55. The van der Waals surface area contributed by atoms with Crippen LogP contribution in [0.3, 0.4) is 0 Å². The van der Waals surface area contributed by atoms with Gasteiger partial charge in [0, 0.05) is 44.4 Å². The molecular weight excluding hydrogens is 460 g/mol. The molecule has 10 heteroatoms. The Balaban J connectivity index is 1.28. The number of hydrogen-bond donors (Lipinski definition) is 1. The largest absolute Gasteiger partial charge is 0.383 e. The maximum absolute atomic E-state index is 6.55. The first-order valence-corrected chi connectivity index (χ1v) is 12.4. The minimum atomic E-state index is 0.377. The summed E-state index contributed by atoms with van der Waals surface area (Å²) in [6.45, 7) is 5.00. The Morgan fingerprint density at radius 2 is 2.06 bits per heavy atom. The average Bonchev–Trinajstić information content (AvgIpc) is 3.29. The van der Waals surface area contributed by atoms with E-state index in [9.17, 15) is 0 Å². The van der Waals surface area contributed by atoms with Gasteiger partial charge in [-0.3, -0.25) is 0 Å². The molecular formula is C23H27ClN6O2S. The molecule has 0 bridgehead atoms. The molecule has 3 aromatic heterocycles. The van der Waals surface area contributed by atoms with Crippen LogP contribution in [-0.2, 0) is 9.47 Å². The molecule has 2 aliphatic heterocycles. The molecule has 2 fully saturated rings. The van der Waals surface area contributed by atoms with Gasteiger partial charge in [-0.1, -0.05) is 23.4 Å². The Morgan fingerprint density at radius 3 is 2.85 bits per heavy atom. The molecule has 0 radical (unpaired) electrons. The first-order valence-electron chi connectivity index (χ1n) is 11.2. The summed E-state index contributed by atoms with van der Waals surface area (Å²) < 4.78 is 10.7. The highest BCUT2D eigenvalue weighted by molar-refractivity contribution is 7.99. The molecule has 0 atom stereocenters. The zero-order valence-electron chi connectivity index (χ0n) is 18.6. The number of ether oxygens (including phenoxy) is 2. The van der Waals surface area contributed by atoms with E-state index in [1.165, 1.54) is 18.2 Å². The van der Waals surface area contributed by atoms with Crippen molar-refractivity contribution in [2.24, 2.45) is 5.41 Å². The van der Waals surface area contributed by atoms with Crippen molar-refractivity contribution in [2.45, 2.75) is 29.2 Å². The molecule has 1 spiro atoms. The molecule has 3 aromatic rings. The summed E-state index contributed by atoms with van der Waals surface area (Å²) in [7, 11) is 1.66. The third-order valence-electron chi connectivity index (χ3n) is 6.37. The number of nitrogens with zero attached hydrogens (tertiary/aromatic N) is 5. The second-order valence-corrected chi connectivity index (χ2v) is 9.94. The fraction of sp³-hybridized carbons (Fsp3) is 0.478. The summed E-state index contributed by atoms with van der Waals surface area (Å²) in [5, 5.41) is 4.56. The molecule has 0 aliphatic carbocycles. The van der Waals surface area contributed by atoms with E-state index in [1.54, 1.807) is 13.3 Å². The third-order valence-corrected chi connectivity index (χ3v) is 7.86. The lowest BCUT2D eigenvalue weighted by Gasteiger charge is -2.38. The number of piperidine rings is 1. The van der Waals surface area contributed by atoms with Crippen LogP contribution in [0, 0.1) is 5.41 Å². The molecule has 33 heavy (non-hydrogen) atoms. The van der Waals surface area contributed by atoms with Gasteiger partial charge in [-0.25, -0.2) is 19.9 Å². The van der Waals surface area contributed by atoms with Gasteiger partial charge in [-0.2, -0.15) is 0 Å². The second kappa shape index (κ2) is 9.97. The summed E-state index contributed by atoms with van der Waals surface area (Å²) in [4.78, 5) is 21.7. The number of pyridine rings is 2. The van der Waals surface area contributed by atoms with Gasteiger partial charge in [0.1, 0.15) is 22.2 Å². The minimum absolute atomic E-state index is 0.377. The number of nitrogens with one attached hydrogen (secondary N) is 1. The number of fused-ring (bicyclic) bond motifs is 1. The Hall–Kier alpha value is -2.20. The van der Waals surface area contributed by atoms with E-state index in [0.717, 1.165) is 60.4 Å². The van der Waals surface area contributed by atoms with E-state index in [0.29, 0.717) is 35.1 Å². The summed E-state index contributed by atoms with van der Waals surface area (Å²) >= 11 is 8.03. The van der Waals surface area contributed by atoms with Crippen LogP contribution in [0.15, 0.2) is 40.5 Å². The monoisotopic (exact) mass is 486 g/mol. The van der Waals surface area contributed by atoms with Crippen molar-refractivity contribution in [3.8, 4) is 0 Å². The van der Waals surface area contributed by atoms with Crippen molar-refractivity contribution in [3.05, 3.63) is 35.6 Å². The summed E-state index contributed by atoms with van der Waals surface area (Å²) in [6.07, 6.45) is 7.05. The quantitative estimate of drug-likeness (QED) is 0.491. The highest BCUT2D eigenvalue weighted by atomic mass is 35.5. The fourth-order valence-electron chi connectivity index (χ4n) is 4.35. The Kier molecular flexibility index (Phi) is 6.82. The van der Waals surface area contributed by atoms with E-state index < -0.39 is 0 Å². The van der Waals surface area contributed by atoms with Crippen LogP contribution in [0.4, 0.5) is 11.6 Å². The standard InChI is InChI=1S/C23H27ClN6O2S/c1-31-13-9-26-22-20(24)17(4-8-25-22)33-19-3-2-16-21(29-19)27-14-18(28-16)30-10-5-23(6-11-30)7-12-32-15-23/h2-4,8,14H,5-7,9-13,15H2,1H3,(H,25,26). The molecule has 8 nitrogen and oxygen atoms in total. The van der Waals surface area contributed by atoms with Gasteiger partial charge in [0.25, 0.3) is 0 Å². The Labute approximate surface area is 202 Å². The van der Waals surface area contributed by atoms with Crippen molar-refractivity contribution in [1.29, 1.82) is 0 Å². The maximum atomic E-state index is 6.55. The normalized spacial score (nSPS) is 17.7. The lowest BCUT2D eigenvalue weighted by molar-refractivity contribution is 0.133. The molecule has 1 N–H and O–H groups in total. The van der Waals surface area contributed by atoms with Gasteiger partial charge in [0.05, 0.1) is 24.4 Å². The topological polar surface area (TPSA) is 85.3 Å². The van der Waals surface area contributed by atoms with E-state index in [-0.39, 0.29) is 0 Å². The summed E-state index contributed by atoms with van der Waals surface area (Å²) in [5.41, 5.74) is 1.80. The molecule has 0 saturated carbocycles. The predicted molar refractivity (Wildman–Crippen MR) is 130 cm³/mol. The smallest absolute Gasteiger partial charge is 0.179 e. The second-order valence-electron chi connectivity index (χ2n) is 8.50. The van der Waals surface area contributed by atoms with Crippen LogP contribution in [0.5, 0.6) is 0 Å². The first kappa shape index (κ1) is 22.6. The number of halogens is 1. The Morgan fingerprint density at radius 1 is 1.18 bits per heavy atom. The number of aromatic nitrogens is 4. The van der Waals surface area contributed by atoms with Crippen molar-refractivity contribution >= 4 is 46.2 Å². The van der Waals surface area contributed by atoms with Crippen molar-refractivity contribution in [2.75, 3.05) is 56.8 Å². The van der Waals surface area contributed by atoms with Crippen LogP contribution in [0.1, 0.15) is 19.3 Å². The zero-order chi connectivity index (χ0) is 22.7. The van der Waals surface area contributed by atoms with Crippen LogP contribution >= 0.6 is 23.4 Å². The van der Waals surface area contributed by atoms with E-state index in [4.69, 9.17) is 31.0 Å². The van der Waals surface area contributed by atoms with Crippen molar-refractivity contribution in [1.82, 2.24) is 19.9 Å². The van der Waals surface area contributed by atoms with Crippen LogP contribution in [-0.4, -0.2) is 66.5 Å². The van der Waals surface area contributed by atoms with E-state index in [2.05, 4.69) is 20.2 Å². The highest BCUT2D eigenvalue weighted by Crippen LogP contribution is 2.40. The lowest BCUT2D eigenvalue weighted by atomic mass is 9.78. The third kappa shape index (κ3) is 5.01. The highest BCUT2D eigenvalue weighted by Gasteiger charge is 2.38. The predicted octanol–water partition coefficient (Wildman–Crippen LogP) is 4.29. The minimum Gasteiger partial charge on any atom is -0.383 e. The van der Waals surface area contributed by atoms with Gasteiger partial charge in [0.2, 0.25) is 0 Å². The molecule has 0 amide bonds. The summed E-state index contributed by atoms with van der Waals surface area (Å²) in [6, 6.07) is 5.82. The Bertz CT molecular complexity index is 1120. The molecule has 5 heterocycles. The van der Waals surface area contributed by atoms with Crippen molar-refractivity contribution in [3.63, 3.8) is 0 Å². The SMILES string of the molecule is COCCNc1nccc(Sc2ccc3nc(N4CCC5(CCOC5)CC4)cnc3n2)c1Cl.